The van der Waals surface area contributed by atoms with Gasteiger partial charge >= 0.3 is 18.1 Å². The number of alkyl halides is 3. The molecule has 2 aliphatic rings. The number of Topliss-reactive ketones (excluding diaryl/α,β-unsaturated/α-hetero) is 1. The van der Waals surface area contributed by atoms with Crippen molar-refractivity contribution in [2.45, 2.75) is 58.7 Å². The smallest absolute Gasteiger partial charge is 0.490 e. The summed E-state index contributed by atoms with van der Waals surface area (Å²) < 4.78 is 43.3. The summed E-state index contributed by atoms with van der Waals surface area (Å²) in [5.41, 5.74) is 3.38. The number of anilines is 1. The van der Waals surface area contributed by atoms with Crippen LogP contribution in [-0.4, -0.2) is 103 Å². The Labute approximate surface area is 276 Å². The minimum Gasteiger partial charge on any atom is -0.493 e. The minimum absolute atomic E-state index is 0.0210. The lowest BCUT2D eigenvalue weighted by atomic mass is 9.84. The number of carboxylic acids is 2. The Balaban J connectivity index is 0.000000804. The summed E-state index contributed by atoms with van der Waals surface area (Å²) in [6.07, 6.45) is -3.07. The van der Waals surface area contributed by atoms with Gasteiger partial charge in [-0.1, -0.05) is 20.8 Å². The monoisotopic (exact) mass is 678 g/mol. The summed E-state index contributed by atoms with van der Waals surface area (Å²) in [5.74, 6) is -3.05. The van der Waals surface area contributed by atoms with Gasteiger partial charge in [-0.3, -0.25) is 15.0 Å². The molecule has 2 heterocycles. The summed E-state index contributed by atoms with van der Waals surface area (Å²) in [6.45, 7) is 9.72. The fourth-order valence-corrected chi connectivity index (χ4v) is 5.32. The maximum atomic E-state index is 13.8. The lowest BCUT2D eigenvalue weighted by Crippen LogP contribution is -2.31. The van der Waals surface area contributed by atoms with Crippen molar-refractivity contribution >= 4 is 35.2 Å². The molecule has 1 saturated heterocycles. The number of fused-ring (bicyclic) bond motifs is 1. The molecule has 2 aromatic carbocycles. The number of amides is 1. The molecule has 0 unspecified atom stereocenters. The molecule has 0 aromatic heterocycles. The Kier molecular flexibility index (Phi) is 11.7. The van der Waals surface area contributed by atoms with E-state index in [0.717, 1.165) is 42.7 Å². The van der Waals surface area contributed by atoms with Crippen molar-refractivity contribution in [2.75, 3.05) is 51.8 Å². The first kappa shape index (κ1) is 37.6. The molecule has 0 saturated carbocycles. The summed E-state index contributed by atoms with van der Waals surface area (Å²) in [4.78, 5) is 52.2. The second-order valence-corrected chi connectivity index (χ2v) is 12.6. The van der Waals surface area contributed by atoms with E-state index in [9.17, 15) is 32.7 Å². The molecule has 4 rings (SSSR count). The lowest BCUT2D eigenvalue weighted by Gasteiger charge is -2.29. The van der Waals surface area contributed by atoms with Crippen molar-refractivity contribution in [1.82, 2.24) is 9.80 Å². The molecule has 1 amide bonds. The number of carbonyl (C=O) groups excluding carboxylic acids is 2. The topological polar surface area (TPSA) is 161 Å². The molecule has 12 nitrogen and oxygen atoms in total. The highest BCUT2D eigenvalue weighted by Crippen LogP contribution is 2.42. The average molecular weight is 679 g/mol. The molecule has 0 aliphatic carbocycles. The van der Waals surface area contributed by atoms with Crippen LogP contribution in [0.1, 0.15) is 77.9 Å². The number of aliphatic carboxylic acids is 2. The number of halogens is 3. The first-order valence-electron chi connectivity index (χ1n) is 15.2. The zero-order chi connectivity index (χ0) is 36.1. The number of hydrogen-bond acceptors (Lipinski definition) is 8. The van der Waals surface area contributed by atoms with E-state index >= 15 is 0 Å². The first-order valence-corrected chi connectivity index (χ1v) is 15.2. The molecule has 0 bridgehead atoms. The summed E-state index contributed by atoms with van der Waals surface area (Å²) >= 11 is 0. The van der Waals surface area contributed by atoms with Gasteiger partial charge in [-0.15, -0.1) is 0 Å². The van der Waals surface area contributed by atoms with Gasteiger partial charge < -0.3 is 34.4 Å². The van der Waals surface area contributed by atoms with Crippen LogP contribution in [0.4, 0.5) is 18.9 Å². The largest absolute Gasteiger partial charge is 0.493 e. The maximum absolute atomic E-state index is 13.8. The van der Waals surface area contributed by atoms with Gasteiger partial charge in [-0.05, 0) is 55.0 Å². The average Bonchev–Trinajstić information content (AvgIpc) is 3.62. The molecular weight excluding hydrogens is 637 g/mol. The fraction of sp³-hybridized carbons (Fsp3) is 0.485. The summed E-state index contributed by atoms with van der Waals surface area (Å²) in [7, 11) is 3.34. The molecule has 262 valence electrons. The van der Waals surface area contributed by atoms with Gasteiger partial charge in [-0.25, -0.2) is 9.59 Å². The Morgan fingerprint density at radius 3 is 2.08 bits per heavy atom. The third-order valence-electron chi connectivity index (χ3n) is 7.64. The molecule has 2 aromatic rings. The molecule has 48 heavy (non-hydrogen) atoms. The highest BCUT2D eigenvalue weighted by atomic mass is 19.4. The van der Waals surface area contributed by atoms with Crippen LogP contribution in [0.3, 0.4) is 0 Å². The number of amidine groups is 1. The maximum Gasteiger partial charge on any atom is 0.490 e. The van der Waals surface area contributed by atoms with Gasteiger partial charge in [0.15, 0.2) is 12.4 Å². The third-order valence-corrected chi connectivity index (χ3v) is 7.64. The van der Waals surface area contributed by atoms with Gasteiger partial charge in [0, 0.05) is 50.4 Å². The van der Waals surface area contributed by atoms with Gasteiger partial charge in [0.2, 0.25) is 0 Å². The predicted octanol–water partition coefficient (Wildman–Crippen LogP) is 4.81. The number of nitrogens with one attached hydrogen (secondary N) is 1. The van der Waals surface area contributed by atoms with E-state index in [1.165, 1.54) is 4.90 Å². The zero-order valence-corrected chi connectivity index (χ0v) is 27.8. The van der Waals surface area contributed by atoms with E-state index in [0.29, 0.717) is 41.3 Å². The minimum atomic E-state index is -5.08. The first-order chi connectivity index (χ1) is 22.3. The Morgan fingerprint density at radius 1 is 0.979 bits per heavy atom. The number of ketones is 1. The summed E-state index contributed by atoms with van der Waals surface area (Å²) in [6, 6.07) is 7.08. The highest BCUT2D eigenvalue weighted by molar-refractivity contribution is 6.08. The molecule has 0 atom stereocenters. The van der Waals surface area contributed by atoms with E-state index in [-0.39, 0.29) is 24.1 Å². The number of rotatable bonds is 10. The Bertz CT molecular complexity index is 1580. The number of carbonyl (C=O) groups is 4. The van der Waals surface area contributed by atoms with Crippen LogP contribution < -0.4 is 14.4 Å². The van der Waals surface area contributed by atoms with E-state index in [4.69, 9.17) is 24.8 Å². The van der Waals surface area contributed by atoms with Crippen LogP contribution in [-0.2, 0) is 21.5 Å². The zero-order valence-electron chi connectivity index (χ0n) is 27.8. The van der Waals surface area contributed by atoms with Gasteiger partial charge in [0.1, 0.15) is 17.3 Å². The number of nitrogens with zero attached hydrogens (tertiary/aromatic N) is 3. The van der Waals surface area contributed by atoms with Crippen LogP contribution in [0.5, 0.6) is 11.5 Å². The van der Waals surface area contributed by atoms with Crippen molar-refractivity contribution in [1.29, 1.82) is 5.41 Å². The van der Waals surface area contributed by atoms with Gasteiger partial charge in [0.25, 0.3) is 5.91 Å². The van der Waals surface area contributed by atoms with Crippen LogP contribution in [0.2, 0.25) is 0 Å². The highest BCUT2D eigenvalue weighted by Gasteiger charge is 2.38. The molecule has 3 N–H and O–H groups in total. The van der Waals surface area contributed by atoms with E-state index in [1.54, 1.807) is 43.3 Å². The molecule has 1 fully saturated rings. The number of hydrogen-bond donors (Lipinski definition) is 3. The predicted molar refractivity (Wildman–Crippen MR) is 171 cm³/mol. The van der Waals surface area contributed by atoms with Crippen molar-refractivity contribution in [3.05, 3.63) is 52.1 Å². The van der Waals surface area contributed by atoms with E-state index < -0.39 is 30.1 Å². The Hall–Kier alpha value is -4.82. The van der Waals surface area contributed by atoms with Crippen molar-refractivity contribution in [3.8, 4) is 11.5 Å². The van der Waals surface area contributed by atoms with Crippen LogP contribution in [0.25, 0.3) is 0 Å². The number of carboxylic acid groups (broad SMARTS) is 2. The Morgan fingerprint density at radius 2 is 1.58 bits per heavy atom. The standard InChI is InChI=1S/C31H40N4O6.C2HF3O2/c1-7-40-26-14-20-16-35(29(32)21(20)15-22(26)30(39)33(5)6)17-25(36)19-12-23(31(2,3)4)28(41-18-27(37)38)24(13-19)34-10-8-9-11-34;3-2(4,5)1(6)7/h12-15,32H,7-11,16-18H2,1-6H3,(H,37,38);(H,6,7). The molecular formula is C33H41F3N4O8. The normalized spacial score (nSPS) is 14.2. The molecule has 15 heteroatoms. The van der Waals surface area contributed by atoms with Crippen molar-refractivity contribution in [3.63, 3.8) is 0 Å². The van der Waals surface area contributed by atoms with Gasteiger partial charge in [-0.2, -0.15) is 13.2 Å². The second-order valence-electron chi connectivity index (χ2n) is 12.6. The second kappa shape index (κ2) is 14.9. The van der Waals surface area contributed by atoms with Crippen molar-refractivity contribution < 1.29 is 52.0 Å². The number of ether oxygens (including phenoxy) is 2. The number of benzene rings is 2. The van der Waals surface area contributed by atoms with Crippen molar-refractivity contribution in [2.24, 2.45) is 0 Å². The van der Waals surface area contributed by atoms with Crippen LogP contribution >= 0.6 is 0 Å². The molecule has 2 aliphatic heterocycles. The molecule has 0 radical (unpaired) electrons. The SMILES string of the molecule is CCOc1cc2c(cc1C(=O)N(C)C)C(=N)N(CC(=O)c1cc(N3CCCC3)c(OCC(=O)O)c(C(C)(C)C)c1)C2.O=C(O)C(F)(F)F. The quantitative estimate of drug-likeness (QED) is 0.298. The fourth-order valence-electron chi connectivity index (χ4n) is 5.32. The third kappa shape index (κ3) is 8.95. The van der Waals surface area contributed by atoms with Gasteiger partial charge in [0.05, 0.1) is 24.4 Å². The lowest BCUT2D eigenvalue weighted by molar-refractivity contribution is -0.192. The van der Waals surface area contributed by atoms with Crippen LogP contribution in [0.15, 0.2) is 24.3 Å². The summed E-state index contributed by atoms with van der Waals surface area (Å²) in [5, 5.41) is 25.3. The van der Waals surface area contributed by atoms with E-state index in [2.05, 4.69) is 4.90 Å². The van der Waals surface area contributed by atoms with E-state index in [1.807, 2.05) is 27.7 Å². The molecule has 0 spiro atoms. The van der Waals surface area contributed by atoms with Crippen LogP contribution in [0, 0.1) is 5.41 Å².